The minimum absolute atomic E-state index is 0.0745. The monoisotopic (exact) mass is 226 g/mol. The van der Waals surface area contributed by atoms with Crippen molar-refractivity contribution >= 4 is 5.91 Å². The van der Waals surface area contributed by atoms with Gasteiger partial charge in [0.15, 0.2) is 0 Å². The lowest BCUT2D eigenvalue weighted by Gasteiger charge is -2.51. The van der Waals surface area contributed by atoms with Crippen LogP contribution in [0.2, 0.25) is 0 Å². The van der Waals surface area contributed by atoms with E-state index in [0.717, 1.165) is 19.4 Å². The summed E-state index contributed by atoms with van der Waals surface area (Å²) in [4.78, 5) is 14.0. The molecule has 1 unspecified atom stereocenters. The minimum atomic E-state index is -0.162. The van der Waals surface area contributed by atoms with Gasteiger partial charge in [-0.2, -0.15) is 0 Å². The molecule has 4 nitrogen and oxygen atoms in total. The van der Waals surface area contributed by atoms with E-state index in [2.05, 4.69) is 13.8 Å². The van der Waals surface area contributed by atoms with Crippen LogP contribution in [0.5, 0.6) is 0 Å². The van der Waals surface area contributed by atoms with E-state index < -0.39 is 0 Å². The lowest BCUT2D eigenvalue weighted by Crippen LogP contribution is -2.71. The van der Waals surface area contributed by atoms with Gasteiger partial charge in [0.2, 0.25) is 5.91 Å². The summed E-state index contributed by atoms with van der Waals surface area (Å²) in [5.41, 5.74) is 6.02. The van der Waals surface area contributed by atoms with E-state index in [-0.39, 0.29) is 17.4 Å². The summed E-state index contributed by atoms with van der Waals surface area (Å²) >= 11 is 0. The lowest BCUT2D eigenvalue weighted by atomic mass is 9.79. The molecule has 0 spiro atoms. The largest absolute Gasteiger partial charge is 0.381 e. The molecule has 0 aromatic rings. The van der Waals surface area contributed by atoms with Crippen molar-refractivity contribution in [2.45, 2.75) is 32.2 Å². The Bertz CT molecular complexity index is 266. The van der Waals surface area contributed by atoms with Crippen molar-refractivity contribution in [3.05, 3.63) is 0 Å². The number of amides is 1. The molecule has 92 valence electrons. The first kappa shape index (κ1) is 11.9. The number of carbonyl (C=O) groups is 1. The standard InChI is InChI=1S/C12H22N2O2/c1-9(2)12(13)7-14(8-12)11(15)10-4-3-5-16-6-10/h9-10H,3-8,13H2,1-2H3. The fourth-order valence-corrected chi connectivity index (χ4v) is 2.38. The third-order valence-corrected chi connectivity index (χ3v) is 3.94. The molecule has 0 aromatic carbocycles. The van der Waals surface area contributed by atoms with E-state index in [1.807, 2.05) is 4.90 Å². The van der Waals surface area contributed by atoms with Gasteiger partial charge in [-0.15, -0.1) is 0 Å². The van der Waals surface area contributed by atoms with Crippen molar-refractivity contribution in [3.63, 3.8) is 0 Å². The molecule has 2 aliphatic rings. The van der Waals surface area contributed by atoms with E-state index >= 15 is 0 Å². The van der Waals surface area contributed by atoms with E-state index in [1.54, 1.807) is 0 Å². The second kappa shape index (κ2) is 4.34. The Hall–Kier alpha value is -0.610. The summed E-state index contributed by atoms with van der Waals surface area (Å²) in [5, 5.41) is 0. The van der Waals surface area contributed by atoms with E-state index in [4.69, 9.17) is 10.5 Å². The summed E-state index contributed by atoms with van der Waals surface area (Å²) in [6.45, 7) is 7.04. The number of likely N-dealkylation sites (tertiary alicyclic amines) is 1. The third-order valence-electron chi connectivity index (χ3n) is 3.94. The van der Waals surface area contributed by atoms with E-state index in [1.165, 1.54) is 0 Å². The van der Waals surface area contributed by atoms with Crippen molar-refractivity contribution in [1.29, 1.82) is 0 Å². The molecule has 0 aliphatic carbocycles. The Balaban J connectivity index is 1.84. The third kappa shape index (κ3) is 2.09. The van der Waals surface area contributed by atoms with Crippen LogP contribution in [-0.2, 0) is 9.53 Å². The molecule has 2 aliphatic heterocycles. The molecule has 2 heterocycles. The Morgan fingerprint density at radius 2 is 2.19 bits per heavy atom. The van der Waals surface area contributed by atoms with Crippen LogP contribution >= 0.6 is 0 Å². The van der Waals surface area contributed by atoms with Gasteiger partial charge >= 0.3 is 0 Å². The summed E-state index contributed by atoms with van der Waals surface area (Å²) in [5.74, 6) is 0.742. The van der Waals surface area contributed by atoms with Crippen LogP contribution in [0.25, 0.3) is 0 Å². The maximum atomic E-state index is 12.1. The molecule has 2 rings (SSSR count). The average molecular weight is 226 g/mol. The number of carbonyl (C=O) groups excluding carboxylic acids is 1. The van der Waals surface area contributed by atoms with Gasteiger partial charge in [-0.05, 0) is 18.8 Å². The second-order valence-electron chi connectivity index (χ2n) is 5.50. The predicted octanol–water partition coefficient (Wildman–Crippen LogP) is 0.609. The Morgan fingerprint density at radius 1 is 1.50 bits per heavy atom. The van der Waals surface area contributed by atoms with Gasteiger partial charge in [0.1, 0.15) is 0 Å². The molecule has 1 atom stereocenters. The number of hydrogen-bond donors (Lipinski definition) is 1. The Morgan fingerprint density at radius 3 is 2.69 bits per heavy atom. The fourth-order valence-electron chi connectivity index (χ4n) is 2.38. The highest BCUT2D eigenvalue weighted by molar-refractivity contribution is 5.80. The van der Waals surface area contributed by atoms with Crippen molar-refractivity contribution in [1.82, 2.24) is 4.90 Å². The normalized spacial score (nSPS) is 29.0. The highest BCUT2D eigenvalue weighted by Crippen LogP contribution is 2.28. The molecule has 4 heteroatoms. The van der Waals surface area contributed by atoms with Crippen LogP contribution < -0.4 is 5.73 Å². The maximum absolute atomic E-state index is 12.1. The van der Waals surface area contributed by atoms with E-state index in [9.17, 15) is 4.79 Å². The smallest absolute Gasteiger partial charge is 0.228 e. The first-order chi connectivity index (χ1) is 7.53. The zero-order valence-corrected chi connectivity index (χ0v) is 10.2. The van der Waals surface area contributed by atoms with Crippen LogP contribution in [0.1, 0.15) is 26.7 Å². The lowest BCUT2D eigenvalue weighted by molar-refractivity contribution is -0.148. The average Bonchev–Trinajstić information content (AvgIpc) is 2.25. The zero-order chi connectivity index (χ0) is 11.8. The van der Waals surface area contributed by atoms with Crippen molar-refractivity contribution in [2.75, 3.05) is 26.3 Å². The van der Waals surface area contributed by atoms with Crippen molar-refractivity contribution in [3.8, 4) is 0 Å². The van der Waals surface area contributed by atoms with Crippen LogP contribution in [0, 0.1) is 11.8 Å². The SMILES string of the molecule is CC(C)C1(N)CN(C(=O)C2CCCOC2)C1. The summed E-state index contributed by atoms with van der Waals surface area (Å²) in [7, 11) is 0. The predicted molar refractivity (Wildman–Crippen MR) is 61.9 cm³/mol. The van der Waals surface area contributed by atoms with Gasteiger partial charge in [0, 0.05) is 19.7 Å². The number of nitrogens with zero attached hydrogens (tertiary/aromatic N) is 1. The Labute approximate surface area is 97.1 Å². The zero-order valence-electron chi connectivity index (χ0n) is 10.2. The molecule has 16 heavy (non-hydrogen) atoms. The summed E-state index contributed by atoms with van der Waals surface area (Å²) in [6.07, 6.45) is 1.97. The van der Waals surface area contributed by atoms with Crippen LogP contribution in [0.4, 0.5) is 0 Å². The summed E-state index contributed by atoms with van der Waals surface area (Å²) in [6, 6.07) is 0. The number of hydrogen-bond acceptors (Lipinski definition) is 3. The molecular weight excluding hydrogens is 204 g/mol. The quantitative estimate of drug-likeness (QED) is 0.750. The molecular formula is C12H22N2O2. The first-order valence-corrected chi connectivity index (χ1v) is 6.18. The molecule has 0 bridgehead atoms. The second-order valence-corrected chi connectivity index (χ2v) is 5.50. The first-order valence-electron chi connectivity index (χ1n) is 6.18. The molecule has 2 saturated heterocycles. The van der Waals surface area contributed by atoms with Crippen molar-refractivity contribution in [2.24, 2.45) is 17.6 Å². The number of nitrogens with two attached hydrogens (primary N) is 1. The van der Waals surface area contributed by atoms with Gasteiger partial charge in [-0.25, -0.2) is 0 Å². The number of ether oxygens (including phenoxy) is 1. The highest BCUT2D eigenvalue weighted by atomic mass is 16.5. The van der Waals surface area contributed by atoms with Gasteiger partial charge in [0.25, 0.3) is 0 Å². The molecule has 0 aromatic heterocycles. The molecule has 1 amide bonds. The van der Waals surface area contributed by atoms with Gasteiger partial charge in [-0.1, -0.05) is 13.8 Å². The topological polar surface area (TPSA) is 55.6 Å². The summed E-state index contributed by atoms with van der Waals surface area (Å²) < 4.78 is 5.34. The molecule has 0 radical (unpaired) electrons. The molecule has 2 fully saturated rings. The van der Waals surface area contributed by atoms with E-state index in [0.29, 0.717) is 25.6 Å². The maximum Gasteiger partial charge on any atom is 0.228 e. The highest BCUT2D eigenvalue weighted by Gasteiger charge is 2.45. The van der Waals surface area contributed by atoms with Crippen LogP contribution in [0.15, 0.2) is 0 Å². The molecule has 2 N–H and O–H groups in total. The van der Waals surface area contributed by atoms with Gasteiger partial charge < -0.3 is 15.4 Å². The van der Waals surface area contributed by atoms with Crippen molar-refractivity contribution < 1.29 is 9.53 Å². The van der Waals surface area contributed by atoms with Crippen LogP contribution in [0.3, 0.4) is 0 Å². The Kier molecular flexibility index (Phi) is 3.22. The fraction of sp³-hybridized carbons (Fsp3) is 0.917. The van der Waals surface area contributed by atoms with Gasteiger partial charge in [0.05, 0.1) is 18.1 Å². The molecule has 0 saturated carbocycles. The number of rotatable bonds is 2. The van der Waals surface area contributed by atoms with Gasteiger partial charge in [-0.3, -0.25) is 4.79 Å². The van der Waals surface area contributed by atoms with Crippen LogP contribution in [-0.4, -0.2) is 42.6 Å². The minimum Gasteiger partial charge on any atom is -0.381 e.